The molecule has 3 nitrogen and oxygen atoms in total. The number of hydrogen-bond acceptors (Lipinski definition) is 4. The Bertz CT molecular complexity index is 486. The predicted octanol–water partition coefficient (Wildman–Crippen LogP) is 2.48. The highest BCUT2D eigenvalue weighted by Crippen LogP contribution is 2.31. The fraction of sp³-hybridized carbons (Fsp3) is 0.364. The minimum absolute atomic E-state index is 0.819. The minimum atomic E-state index is 0.819. The molecule has 0 saturated carbocycles. The fourth-order valence-electron chi connectivity index (χ4n) is 1.97. The van der Waals surface area contributed by atoms with Crippen molar-refractivity contribution in [2.24, 2.45) is 0 Å². The number of nitrogen functional groups attached to an aromatic ring is 1. The van der Waals surface area contributed by atoms with Crippen molar-refractivity contribution in [3.63, 3.8) is 0 Å². The van der Waals surface area contributed by atoms with Gasteiger partial charge in [0, 0.05) is 18.8 Å². The van der Waals surface area contributed by atoms with E-state index in [-0.39, 0.29) is 0 Å². The summed E-state index contributed by atoms with van der Waals surface area (Å²) in [6.45, 7) is 2.30. The van der Waals surface area contributed by atoms with Crippen LogP contribution >= 0.6 is 11.3 Å². The first-order valence-corrected chi connectivity index (χ1v) is 6.05. The summed E-state index contributed by atoms with van der Waals surface area (Å²) in [6.07, 6.45) is 2.58. The average Bonchev–Trinajstić information content (AvgIpc) is 2.84. The van der Waals surface area contributed by atoms with Gasteiger partial charge < -0.3 is 10.6 Å². The summed E-state index contributed by atoms with van der Waals surface area (Å²) in [5, 5.41) is 1.15. The van der Waals surface area contributed by atoms with Gasteiger partial charge in [0.2, 0.25) is 0 Å². The van der Waals surface area contributed by atoms with Crippen LogP contribution in [0.2, 0.25) is 0 Å². The highest BCUT2D eigenvalue weighted by atomic mass is 32.1. The van der Waals surface area contributed by atoms with Crippen LogP contribution in [0.5, 0.6) is 0 Å². The van der Waals surface area contributed by atoms with E-state index in [0.717, 1.165) is 29.4 Å². The summed E-state index contributed by atoms with van der Waals surface area (Å²) in [4.78, 5) is 6.99. The van der Waals surface area contributed by atoms with Gasteiger partial charge in [-0.25, -0.2) is 4.98 Å². The van der Waals surface area contributed by atoms with Crippen LogP contribution in [0.3, 0.4) is 0 Å². The topological polar surface area (TPSA) is 42.1 Å². The molecule has 1 aromatic carbocycles. The zero-order chi connectivity index (χ0) is 10.3. The molecule has 1 aromatic heterocycles. The van der Waals surface area contributed by atoms with Crippen LogP contribution in [-0.4, -0.2) is 18.1 Å². The molecule has 0 radical (unpaired) electrons. The van der Waals surface area contributed by atoms with Crippen LogP contribution in [-0.2, 0) is 0 Å². The second-order valence-electron chi connectivity index (χ2n) is 3.92. The van der Waals surface area contributed by atoms with E-state index in [1.165, 1.54) is 17.5 Å². The largest absolute Gasteiger partial charge is 0.399 e. The minimum Gasteiger partial charge on any atom is -0.399 e. The number of nitrogens with two attached hydrogens (primary N) is 1. The first kappa shape index (κ1) is 8.97. The van der Waals surface area contributed by atoms with Gasteiger partial charge in [-0.1, -0.05) is 11.3 Å². The van der Waals surface area contributed by atoms with E-state index in [9.17, 15) is 0 Å². The highest BCUT2D eigenvalue weighted by molar-refractivity contribution is 7.22. The Hall–Kier alpha value is -1.29. The summed E-state index contributed by atoms with van der Waals surface area (Å²) in [5.41, 5.74) is 7.64. The average molecular weight is 219 g/mol. The zero-order valence-corrected chi connectivity index (χ0v) is 9.26. The Kier molecular flexibility index (Phi) is 2.02. The Balaban J connectivity index is 2.05. The van der Waals surface area contributed by atoms with E-state index in [4.69, 9.17) is 5.73 Å². The van der Waals surface area contributed by atoms with Crippen molar-refractivity contribution in [1.82, 2.24) is 4.98 Å². The molecular weight excluding hydrogens is 206 g/mol. The molecule has 1 aliphatic heterocycles. The monoisotopic (exact) mass is 219 g/mol. The van der Waals surface area contributed by atoms with Crippen molar-refractivity contribution >= 4 is 32.4 Å². The summed E-state index contributed by atoms with van der Waals surface area (Å²) in [6, 6.07) is 5.92. The Morgan fingerprint density at radius 2 is 2.07 bits per heavy atom. The molecule has 1 saturated heterocycles. The lowest BCUT2D eigenvalue weighted by Crippen LogP contribution is -2.16. The van der Waals surface area contributed by atoms with E-state index in [1.807, 2.05) is 18.2 Å². The SMILES string of the molecule is Nc1ccc2nc(N3CCCC3)sc2c1. The number of rotatable bonds is 1. The third-order valence-electron chi connectivity index (χ3n) is 2.78. The predicted molar refractivity (Wildman–Crippen MR) is 65.5 cm³/mol. The van der Waals surface area contributed by atoms with Gasteiger partial charge in [0.05, 0.1) is 10.2 Å². The third-order valence-corrected chi connectivity index (χ3v) is 3.86. The van der Waals surface area contributed by atoms with Crippen LogP contribution in [0, 0.1) is 0 Å². The molecule has 0 unspecified atom stereocenters. The van der Waals surface area contributed by atoms with E-state index in [0.29, 0.717) is 0 Å². The molecule has 2 N–H and O–H groups in total. The number of aromatic nitrogens is 1. The molecule has 4 heteroatoms. The van der Waals surface area contributed by atoms with Crippen molar-refractivity contribution in [3.8, 4) is 0 Å². The maximum absolute atomic E-state index is 5.75. The number of anilines is 2. The van der Waals surface area contributed by atoms with Crippen molar-refractivity contribution in [2.45, 2.75) is 12.8 Å². The summed E-state index contributed by atoms with van der Waals surface area (Å²) in [7, 11) is 0. The number of nitrogens with zero attached hydrogens (tertiary/aromatic N) is 2. The lowest BCUT2D eigenvalue weighted by atomic mass is 10.3. The molecule has 15 heavy (non-hydrogen) atoms. The standard InChI is InChI=1S/C11H13N3S/c12-8-3-4-9-10(7-8)15-11(13-9)14-5-1-2-6-14/h3-4,7H,1-2,5-6,12H2. The van der Waals surface area contributed by atoms with Gasteiger partial charge in [-0.3, -0.25) is 0 Å². The van der Waals surface area contributed by atoms with Gasteiger partial charge in [0.1, 0.15) is 0 Å². The number of thiazole rings is 1. The van der Waals surface area contributed by atoms with Crippen LogP contribution in [0.1, 0.15) is 12.8 Å². The van der Waals surface area contributed by atoms with E-state index in [1.54, 1.807) is 11.3 Å². The number of fused-ring (bicyclic) bond motifs is 1. The maximum Gasteiger partial charge on any atom is 0.186 e. The van der Waals surface area contributed by atoms with Gasteiger partial charge in [-0.05, 0) is 31.0 Å². The van der Waals surface area contributed by atoms with Crippen LogP contribution in [0.15, 0.2) is 18.2 Å². The van der Waals surface area contributed by atoms with E-state index >= 15 is 0 Å². The van der Waals surface area contributed by atoms with Crippen molar-refractivity contribution in [1.29, 1.82) is 0 Å². The Morgan fingerprint density at radius 3 is 2.87 bits per heavy atom. The summed E-state index contributed by atoms with van der Waals surface area (Å²) < 4.78 is 1.19. The molecule has 0 atom stereocenters. The Morgan fingerprint density at radius 1 is 1.27 bits per heavy atom. The first-order valence-electron chi connectivity index (χ1n) is 5.24. The van der Waals surface area contributed by atoms with Crippen molar-refractivity contribution in [3.05, 3.63) is 18.2 Å². The first-order chi connectivity index (χ1) is 7.33. The van der Waals surface area contributed by atoms with Gasteiger partial charge in [0.15, 0.2) is 5.13 Å². The van der Waals surface area contributed by atoms with Gasteiger partial charge in [-0.2, -0.15) is 0 Å². The molecule has 0 aliphatic carbocycles. The third kappa shape index (κ3) is 1.55. The van der Waals surface area contributed by atoms with Crippen LogP contribution in [0.25, 0.3) is 10.2 Å². The van der Waals surface area contributed by atoms with Crippen LogP contribution in [0.4, 0.5) is 10.8 Å². The highest BCUT2D eigenvalue weighted by Gasteiger charge is 2.15. The molecule has 3 rings (SSSR count). The fourth-order valence-corrected chi connectivity index (χ4v) is 3.04. The van der Waals surface area contributed by atoms with E-state index in [2.05, 4.69) is 9.88 Å². The van der Waals surface area contributed by atoms with Crippen LogP contribution < -0.4 is 10.6 Å². The molecule has 2 heterocycles. The summed E-state index contributed by atoms with van der Waals surface area (Å²) in [5.74, 6) is 0. The van der Waals surface area contributed by atoms with Crippen molar-refractivity contribution in [2.75, 3.05) is 23.7 Å². The number of hydrogen-bond donors (Lipinski definition) is 1. The normalized spacial score (nSPS) is 16.4. The quantitative estimate of drug-likeness (QED) is 0.749. The molecule has 0 spiro atoms. The molecular formula is C11H13N3S. The molecule has 0 amide bonds. The van der Waals surface area contributed by atoms with Gasteiger partial charge in [0.25, 0.3) is 0 Å². The zero-order valence-electron chi connectivity index (χ0n) is 8.44. The van der Waals surface area contributed by atoms with Gasteiger partial charge in [-0.15, -0.1) is 0 Å². The molecule has 2 aromatic rings. The number of benzene rings is 1. The second-order valence-corrected chi connectivity index (χ2v) is 4.93. The molecule has 1 aliphatic rings. The lowest BCUT2D eigenvalue weighted by molar-refractivity contribution is 0.949. The van der Waals surface area contributed by atoms with E-state index < -0.39 is 0 Å². The Labute approximate surface area is 92.5 Å². The van der Waals surface area contributed by atoms with Gasteiger partial charge >= 0.3 is 0 Å². The molecule has 78 valence electrons. The smallest absolute Gasteiger partial charge is 0.186 e. The summed E-state index contributed by atoms with van der Waals surface area (Å²) >= 11 is 1.74. The second kappa shape index (κ2) is 3.38. The molecule has 0 bridgehead atoms. The lowest BCUT2D eigenvalue weighted by Gasteiger charge is -2.11. The molecule has 1 fully saturated rings. The van der Waals surface area contributed by atoms with Crippen molar-refractivity contribution < 1.29 is 0 Å². The maximum atomic E-state index is 5.75.